The maximum Gasteiger partial charge on any atom is 0.322 e. The molecule has 18 heavy (non-hydrogen) atoms. The molecular formula is C12H21N5O. The van der Waals surface area contributed by atoms with Crippen molar-refractivity contribution in [3.05, 3.63) is 0 Å². The molecule has 6 nitrogen and oxygen atoms in total. The number of hydrogen-bond donors (Lipinski definition) is 2. The summed E-state index contributed by atoms with van der Waals surface area (Å²) < 4.78 is 4.98. The number of methoxy groups -OCH3 is 1. The van der Waals surface area contributed by atoms with Crippen molar-refractivity contribution in [3.8, 4) is 6.01 Å². The van der Waals surface area contributed by atoms with Crippen LogP contribution in [0.15, 0.2) is 0 Å². The number of anilines is 2. The smallest absolute Gasteiger partial charge is 0.322 e. The summed E-state index contributed by atoms with van der Waals surface area (Å²) in [4.78, 5) is 12.1. The number of hydrogen-bond acceptors (Lipinski definition) is 6. The van der Waals surface area contributed by atoms with Crippen molar-refractivity contribution < 1.29 is 4.74 Å². The zero-order valence-electron chi connectivity index (χ0n) is 11.0. The lowest BCUT2D eigenvalue weighted by Gasteiger charge is -2.28. The normalized spacial score (nSPS) is 23.7. The van der Waals surface area contributed by atoms with Gasteiger partial charge >= 0.3 is 6.01 Å². The van der Waals surface area contributed by atoms with E-state index < -0.39 is 0 Å². The van der Waals surface area contributed by atoms with Crippen molar-refractivity contribution in [2.24, 2.45) is 5.92 Å². The van der Waals surface area contributed by atoms with Crippen LogP contribution in [-0.2, 0) is 0 Å². The molecule has 1 aromatic rings. The van der Waals surface area contributed by atoms with Crippen molar-refractivity contribution in [2.75, 3.05) is 18.2 Å². The van der Waals surface area contributed by atoms with Gasteiger partial charge in [0.1, 0.15) is 0 Å². The molecule has 3 N–H and O–H groups in total. The highest BCUT2D eigenvalue weighted by atomic mass is 16.5. The molecule has 0 amide bonds. The molecule has 0 radical (unpaired) electrons. The molecule has 0 aliphatic heterocycles. The van der Waals surface area contributed by atoms with E-state index in [-0.39, 0.29) is 12.0 Å². The van der Waals surface area contributed by atoms with Crippen LogP contribution < -0.4 is 15.8 Å². The predicted molar refractivity (Wildman–Crippen MR) is 70.5 cm³/mol. The van der Waals surface area contributed by atoms with E-state index in [1.807, 2.05) is 0 Å². The van der Waals surface area contributed by atoms with Crippen LogP contribution in [-0.4, -0.2) is 28.1 Å². The third kappa shape index (κ3) is 3.21. The van der Waals surface area contributed by atoms with Crippen LogP contribution in [0.1, 0.15) is 39.0 Å². The van der Waals surface area contributed by atoms with Crippen LogP contribution in [0.3, 0.4) is 0 Å². The highest BCUT2D eigenvalue weighted by Crippen LogP contribution is 2.28. The summed E-state index contributed by atoms with van der Waals surface area (Å²) in [6.07, 6.45) is 6.13. The minimum Gasteiger partial charge on any atom is -0.467 e. The fourth-order valence-electron chi connectivity index (χ4n) is 2.43. The molecule has 1 aliphatic carbocycles. The molecule has 1 heterocycles. The van der Waals surface area contributed by atoms with E-state index in [4.69, 9.17) is 10.5 Å². The van der Waals surface area contributed by atoms with Gasteiger partial charge in [-0.2, -0.15) is 15.0 Å². The minimum absolute atomic E-state index is 0.187. The number of aromatic nitrogens is 3. The summed E-state index contributed by atoms with van der Waals surface area (Å²) in [6, 6.07) is 0.687. The van der Waals surface area contributed by atoms with Crippen molar-refractivity contribution in [1.29, 1.82) is 0 Å². The summed E-state index contributed by atoms with van der Waals surface area (Å²) in [5.41, 5.74) is 5.60. The zero-order chi connectivity index (χ0) is 13.0. The van der Waals surface area contributed by atoms with Crippen LogP contribution in [0.25, 0.3) is 0 Å². The topological polar surface area (TPSA) is 86.0 Å². The van der Waals surface area contributed by atoms with E-state index in [1.54, 1.807) is 0 Å². The first kappa shape index (κ1) is 12.9. The minimum atomic E-state index is 0.187. The molecule has 2 rings (SSSR count). The molecule has 6 heteroatoms. The zero-order valence-corrected chi connectivity index (χ0v) is 11.0. The Kier molecular flexibility index (Phi) is 4.17. The Morgan fingerprint density at radius 2 is 1.94 bits per heavy atom. The Hall–Kier alpha value is -1.59. The quantitative estimate of drug-likeness (QED) is 0.849. The van der Waals surface area contributed by atoms with E-state index in [0.717, 1.165) is 18.8 Å². The monoisotopic (exact) mass is 251 g/mol. The molecule has 0 bridgehead atoms. The van der Waals surface area contributed by atoms with Gasteiger partial charge in [-0.25, -0.2) is 0 Å². The van der Waals surface area contributed by atoms with Crippen LogP contribution in [0.4, 0.5) is 11.9 Å². The Morgan fingerprint density at radius 1 is 1.22 bits per heavy atom. The molecule has 0 unspecified atom stereocenters. The Bertz CT molecular complexity index is 390. The second-order valence-corrected chi connectivity index (χ2v) is 4.77. The maximum atomic E-state index is 5.60. The molecule has 0 saturated heterocycles. The SMILES string of the molecule is CCC1CCC(Nc2nc(N)nc(OC)n2)CC1. The van der Waals surface area contributed by atoms with Crippen molar-refractivity contribution >= 4 is 11.9 Å². The lowest BCUT2D eigenvalue weighted by molar-refractivity contribution is 0.329. The molecule has 1 aromatic heterocycles. The highest BCUT2D eigenvalue weighted by molar-refractivity contribution is 5.33. The van der Waals surface area contributed by atoms with Crippen molar-refractivity contribution in [1.82, 2.24) is 15.0 Å². The Labute approximate surface area is 107 Å². The summed E-state index contributed by atoms with van der Waals surface area (Å²) in [5.74, 6) is 1.58. The average molecular weight is 251 g/mol. The Balaban J connectivity index is 1.95. The van der Waals surface area contributed by atoms with E-state index >= 15 is 0 Å². The maximum absolute atomic E-state index is 5.60. The van der Waals surface area contributed by atoms with Gasteiger partial charge < -0.3 is 15.8 Å². The van der Waals surface area contributed by atoms with E-state index in [0.29, 0.717) is 12.0 Å². The second-order valence-electron chi connectivity index (χ2n) is 4.77. The van der Waals surface area contributed by atoms with E-state index in [1.165, 1.54) is 26.4 Å². The van der Waals surface area contributed by atoms with Crippen LogP contribution in [0.2, 0.25) is 0 Å². The summed E-state index contributed by atoms with van der Waals surface area (Å²) in [7, 11) is 1.52. The van der Waals surface area contributed by atoms with Gasteiger partial charge in [0.05, 0.1) is 7.11 Å². The van der Waals surface area contributed by atoms with Gasteiger partial charge in [-0.15, -0.1) is 0 Å². The number of nitrogens with two attached hydrogens (primary N) is 1. The van der Waals surface area contributed by atoms with E-state index in [9.17, 15) is 0 Å². The first-order valence-electron chi connectivity index (χ1n) is 6.53. The number of nitrogens with one attached hydrogen (secondary N) is 1. The standard InChI is InChI=1S/C12H21N5O/c1-3-8-4-6-9(7-5-8)14-11-15-10(13)16-12(17-11)18-2/h8-9H,3-7H2,1-2H3,(H3,13,14,15,16,17). The molecule has 100 valence electrons. The fourth-order valence-corrected chi connectivity index (χ4v) is 2.43. The number of nitrogens with zero attached hydrogens (tertiary/aromatic N) is 3. The van der Waals surface area contributed by atoms with Crippen LogP contribution in [0.5, 0.6) is 6.01 Å². The van der Waals surface area contributed by atoms with Gasteiger partial charge in [-0.3, -0.25) is 0 Å². The summed E-state index contributed by atoms with van der Waals surface area (Å²) in [5, 5.41) is 3.32. The third-order valence-corrected chi connectivity index (χ3v) is 3.57. The average Bonchev–Trinajstić information content (AvgIpc) is 2.39. The molecule has 1 aliphatic rings. The van der Waals surface area contributed by atoms with E-state index in [2.05, 4.69) is 27.2 Å². The second kappa shape index (κ2) is 5.84. The van der Waals surface area contributed by atoms with Gasteiger partial charge in [-0.1, -0.05) is 13.3 Å². The molecule has 1 fully saturated rings. The highest BCUT2D eigenvalue weighted by Gasteiger charge is 2.20. The first-order chi connectivity index (χ1) is 8.71. The van der Waals surface area contributed by atoms with Gasteiger partial charge in [0.2, 0.25) is 11.9 Å². The van der Waals surface area contributed by atoms with Crippen molar-refractivity contribution in [2.45, 2.75) is 45.1 Å². The predicted octanol–water partition coefficient (Wildman–Crippen LogP) is 1.84. The summed E-state index contributed by atoms with van der Waals surface area (Å²) >= 11 is 0. The van der Waals surface area contributed by atoms with Gasteiger partial charge in [0, 0.05) is 6.04 Å². The molecule has 0 aromatic carbocycles. The lowest BCUT2D eigenvalue weighted by atomic mass is 9.85. The Morgan fingerprint density at radius 3 is 2.56 bits per heavy atom. The molecule has 1 saturated carbocycles. The van der Waals surface area contributed by atoms with Crippen molar-refractivity contribution in [3.63, 3.8) is 0 Å². The third-order valence-electron chi connectivity index (χ3n) is 3.57. The fraction of sp³-hybridized carbons (Fsp3) is 0.750. The largest absolute Gasteiger partial charge is 0.467 e. The van der Waals surface area contributed by atoms with Crippen LogP contribution >= 0.6 is 0 Å². The van der Waals surface area contributed by atoms with Crippen LogP contribution in [0, 0.1) is 5.92 Å². The number of nitrogen functional groups attached to an aromatic ring is 1. The number of rotatable bonds is 4. The van der Waals surface area contributed by atoms with Gasteiger partial charge in [0.25, 0.3) is 0 Å². The van der Waals surface area contributed by atoms with Gasteiger partial charge in [0.15, 0.2) is 0 Å². The first-order valence-corrected chi connectivity index (χ1v) is 6.53. The number of ether oxygens (including phenoxy) is 1. The molecule has 0 spiro atoms. The summed E-state index contributed by atoms with van der Waals surface area (Å²) in [6.45, 7) is 2.26. The molecule has 0 atom stereocenters. The molecular weight excluding hydrogens is 230 g/mol. The lowest BCUT2D eigenvalue weighted by Crippen LogP contribution is -2.27. The van der Waals surface area contributed by atoms with Gasteiger partial charge in [-0.05, 0) is 31.6 Å².